The van der Waals surface area contributed by atoms with Crippen LogP contribution in [0.5, 0.6) is 5.75 Å². The number of nitrogens with two attached hydrogens (primary N) is 1. The lowest BCUT2D eigenvalue weighted by Gasteiger charge is -2.26. The normalized spacial score (nSPS) is 17.4. The van der Waals surface area contributed by atoms with Crippen molar-refractivity contribution in [3.8, 4) is 5.75 Å². The Hall–Kier alpha value is -2.34. The maximum atomic E-state index is 12.7. The van der Waals surface area contributed by atoms with Crippen LogP contribution in [0.1, 0.15) is 41.6 Å². The SMILES string of the molecule is NC(=O)C(OC(=O)C1CCCc2c(O)cccc21)c1ccc(Br)cc1. The summed E-state index contributed by atoms with van der Waals surface area (Å²) >= 11 is 3.32. The molecule has 2 aromatic carbocycles. The lowest BCUT2D eigenvalue weighted by Crippen LogP contribution is -2.29. The van der Waals surface area contributed by atoms with Crippen molar-refractivity contribution in [2.24, 2.45) is 5.73 Å². The summed E-state index contributed by atoms with van der Waals surface area (Å²) in [6, 6.07) is 12.0. The fraction of sp³-hybridized carbons (Fsp3) is 0.263. The van der Waals surface area contributed by atoms with Gasteiger partial charge in [-0.2, -0.15) is 0 Å². The molecule has 0 aromatic heterocycles. The first-order valence-electron chi connectivity index (χ1n) is 8.03. The van der Waals surface area contributed by atoms with Gasteiger partial charge in [0, 0.05) is 10.0 Å². The van der Waals surface area contributed by atoms with Crippen LogP contribution in [0.15, 0.2) is 46.9 Å². The molecule has 5 nitrogen and oxygen atoms in total. The third-order valence-electron chi connectivity index (χ3n) is 4.43. The van der Waals surface area contributed by atoms with Crippen LogP contribution in [-0.4, -0.2) is 17.0 Å². The van der Waals surface area contributed by atoms with Crippen molar-refractivity contribution in [1.82, 2.24) is 0 Å². The molecule has 2 unspecified atom stereocenters. The summed E-state index contributed by atoms with van der Waals surface area (Å²) in [7, 11) is 0. The fourth-order valence-electron chi connectivity index (χ4n) is 3.20. The van der Waals surface area contributed by atoms with E-state index in [1.54, 1.807) is 36.4 Å². The molecule has 0 aliphatic heterocycles. The number of primary amides is 1. The molecule has 0 spiro atoms. The molecule has 25 heavy (non-hydrogen) atoms. The number of hydrogen-bond acceptors (Lipinski definition) is 4. The van der Waals surface area contributed by atoms with Crippen molar-refractivity contribution in [2.75, 3.05) is 0 Å². The highest BCUT2D eigenvalue weighted by atomic mass is 79.9. The Labute approximate surface area is 153 Å². The Morgan fingerprint density at radius 3 is 2.60 bits per heavy atom. The van der Waals surface area contributed by atoms with Gasteiger partial charge in [-0.3, -0.25) is 9.59 Å². The Kier molecular flexibility index (Phi) is 5.08. The number of ether oxygens (including phenoxy) is 1. The number of aromatic hydroxyl groups is 1. The van der Waals surface area contributed by atoms with Gasteiger partial charge in [-0.25, -0.2) is 0 Å². The third kappa shape index (κ3) is 3.69. The molecule has 0 fully saturated rings. The number of carbonyl (C=O) groups is 2. The van der Waals surface area contributed by atoms with E-state index >= 15 is 0 Å². The van der Waals surface area contributed by atoms with E-state index in [4.69, 9.17) is 10.5 Å². The van der Waals surface area contributed by atoms with E-state index in [1.807, 2.05) is 6.07 Å². The number of fused-ring (bicyclic) bond motifs is 1. The van der Waals surface area contributed by atoms with Gasteiger partial charge >= 0.3 is 5.97 Å². The minimum absolute atomic E-state index is 0.189. The summed E-state index contributed by atoms with van der Waals surface area (Å²) < 4.78 is 6.31. The third-order valence-corrected chi connectivity index (χ3v) is 4.96. The van der Waals surface area contributed by atoms with Crippen LogP contribution in [0.2, 0.25) is 0 Å². The smallest absolute Gasteiger partial charge is 0.314 e. The molecular formula is C19H18BrNO4. The van der Waals surface area contributed by atoms with Crippen molar-refractivity contribution in [3.05, 3.63) is 63.6 Å². The van der Waals surface area contributed by atoms with Crippen molar-refractivity contribution in [1.29, 1.82) is 0 Å². The lowest BCUT2D eigenvalue weighted by atomic mass is 9.82. The minimum atomic E-state index is -1.14. The van der Waals surface area contributed by atoms with E-state index in [0.717, 1.165) is 28.4 Å². The molecular weight excluding hydrogens is 386 g/mol. The molecule has 0 radical (unpaired) electrons. The van der Waals surface area contributed by atoms with Crippen LogP contribution >= 0.6 is 15.9 Å². The predicted molar refractivity (Wildman–Crippen MR) is 96.0 cm³/mol. The van der Waals surface area contributed by atoms with E-state index in [0.29, 0.717) is 12.0 Å². The van der Waals surface area contributed by atoms with Gasteiger partial charge in [0.25, 0.3) is 5.91 Å². The molecule has 3 N–H and O–H groups in total. The fourth-order valence-corrected chi connectivity index (χ4v) is 3.46. The van der Waals surface area contributed by atoms with Gasteiger partial charge in [-0.15, -0.1) is 0 Å². The Balaban J connectivity index is 1.85. The molecule has 130 valence electrons. The number of halogens is 1. The van der Waals surface area contributed by atoms with Gasteiger partial charge in [0.1, 0.15) is 5.75 Å². The first-order chi connectivity index (χ1) is 12.0. The second kappa shape index (κ2) is 7.27. The zero-order chi connectivity index (χ0) is 18.0. The average Bonchev–Trinajstić information content (AvgIpc) is 2.60. The van der Waals surface area contributed by atoms with E-state index in [-0.39, 0.29) is 5.75 Å². The Morgan fingerprint density at radius 1 is 1.20 bits per heavy atom. The summed E-state index contributed by atoms with van der Waals surface area (Å²) in [5.41, 5.74) is 7.49. The van der Waals surface area contributed by atoms with Gasteiger partial charge in [0.2, 0.25) is 6.10 Å². The number of phenols is 1. The summed E-state index contributed by atoms with van der Waals surface area (Å²) in [5, 5.41) is 10.00. The van der Waals surface area contributed by atoms with E-state index in [9.17, 15) is 14.7 Å². The summed E-state index contributed by atoms with van der Waals surface area (Å²) in [6.07, 6.45) is 0.964. The standard InChI is InChI=1S/C19H18BrNO4/c20-12-9-7-11(8-10-12)17(18(21)23)25-19(24)15-5-1-4-14-13(15)3-2-6-16(14)22/h2-3,6-10,15,17,22H,1,4-5H2,(H2,21,23). The molecule has 3 rings (SSSR count). The number of phenolic OH excluding ortho intramolecular Hbond substituents is 1. The molecule has 0 bridgehead atoms. The molecule has 2 aromatic rings. The Bertz CT molecular complexity index is 804. The zero-order valence-electron chi connectivity index (χ0n) is 13.4. The zero-order valence-corrected chi connectivity index (χ0v) is 15.0. The molecule has 6 heteroatoms. The van der Waals surface area contributed by atoms with Gasteiger partial charge < -0.3 is 15.6 Å². The number of hydrogen-bond donors (Lipinski definition) is 2. The quantitative estimate of drug-likeness (QED) is 0.765. The van der Waals surface area contributed by atoms with Gasteiger partial charge in [-0.05, 0) is 48.6 Å². The maximum absolute atomic E-state index is 12.7. The van der Waals surface area contributed by atoms with E-state index in [2.05, 4.69) is 15.9 Å². The molecule has 0 saturated carbocycles. The second-order valence-electron chi connectivity index (χ2n) is 6.06. The van der Waals surface area contributed by atoms with Crippen LogP contribution in [0, 0.1) is 0 Å². The molecule has 1 amide bonds. The van der Waals surface area contributed by atoms with Crippen molar-refractivity contribution < 1.29 is 19.4 Å². The maximum Gasteiger partial charge on any atom is 0.314 e. The highest BCUT2D eigenvalue weighted by molar-refractivity contribution is 9.10. The minimum Gasteiger partial charge on any atom is -0.508 e. The van der Waals surface area contributed by atoms with Crippen molar-refractivity contribution in [3.63, 3.8) is 0 Å². The summed E-state index contributed by atoms with van der Waals surface area (Å²) in [4.78, 5) is 24.5. The topological polar surface area (TPSA) is 89.6 Å². The van der Waals surface area contributed by atoms with Crippen LogP contribution in [0.4, 0.5) is 0 Å². The largest absolute Gasteiger partial charge is 0.508 e. The molecule has 0 heterocycles. The average molecular weight is 404 g/mol. The van der Waals surface area contributed by atoms with Gasteiger partial charge in [0.15, 0.2) is 0 Å². The number of carbonyl (C=O) groups excluding carboxylic acids is 2. The number of esters is 1. The van der Waals surface area contributed by atoms with E-state index < -0.39 is 23.9 Å². The van der Waals surface area contributed by atoms with Crippen LogP contribution in [0.3, 0.4) is 0 Å². The molecule has 0 saturated heterocycles. The van der Waals surface area contributed by atoms with Crippen LogP contribution in [-0.2, 0) is 20.7 Å². The number of rotatable bonds is 4. The van der Waals surface area contributed by atoms with Crippen LogP contribution < -0.4 is 5.73 Å². The highest BCUT2D eigenvalue weighted by Gasteiger charge is 2.32. The van der Waals surface area contributed by atoms with Crippen molar-refractivity contribution >= 4 is 27.8 Å². The van der Waals surface area contributed by atoms with Crippen LogP contribution in [0.25, 0.3) is 0 Å². The monoisotopic (exact) mass is 403 g/mol. The first-order valence-corrected chi connectivity index (χ1v) is 8.82. The highest BCUT2D eigenvalue weighted by Crippen LogP contribution is 2.37. The molecule has 2 atom stereocenters. The lowest BCUT2D eigenvalue weighted by molar-refractivity contribution is -0.157. The van der Waals surface area contributed by atoms with Gasteiger partial charge in [0.05, 0.1) is 5.92 Å². The number of benzene rings is 2. The molecule has 1 aliphatic carbocycles. The Morgan fingerprint density at radius 2 is 1.92 bits per heavy atom. The van der Waals surface area contributed by atoms with E-state index in [1.165, 1.54) is 0 Å². The van der Waals surface area contributed by atoms with Crippen molar-refractivity contribution in [2.45, 2.75) is 31.3 Å². The summed E-state index contributed by atoms with van der Waals surface area (Å²) in [6.45, 7) is 0. The summed E-state index contributed by atoms with van der Waals surface area (Å²) in [5.74, 6) is -1.54. The predicted octanol–water partition coefficient (Wildman–Crippen LogP) is 3.34. The molecule has 1 aliphatic rings. The first kappa shape index (κ1) is 17.5. The second-order valence-corrected chi connectivity index (χ2v) is 6.98. The number of amides is 1. The van der Waals surface area contributed by atoms with Gasteiger partial charge in [-0.1, -0.05) is 40.2 Å².